The van der Waals surface area contributed by atoms with Gasteiger partial charge in [-0.3, -0.25) is 0 Å². The topological polar surface area (TPSA) is 63.3 Å². The molecule has 0 radical (unpaired) electrons. The van der Waals surface area contributed by atoms with Crippen LogP contribution in [0, 0.1) is 6.92 Å². The van der Waals surface area contributed by atoms with Crippen molar-refractivity contribution in [2.75, 3.05) is 0 Å². The molecular weight excluding hydrogens is 250 g/mol. The van der Waals surface area contributed by atoms with Crippen molar-refractivity contribution >= 4 is 22.3 Å². The first kappa shape index (κ1) is 11.0. The van der Waals surface area contributed by atoms with E-state index in [4.69, 9.17) is 4.42 Å². The Hall–Kier alpha value is -2.14. The van der Waals surface area contributed by atoms with E-state index < -0.39 is 5.63 Å². The minimum atomic E-state index is -0.573. The molecule has 2 aromatic heterocycles. The molecule has 1 N–H and O–H groups in total. The first-order chi connectivity index (χ1) is 8.66. The number of benzene rings is 1. The smallest absolute Gasteiger partial charge is 0.349 e. The monoisotopic (exact) mass is 259 g/mol. The molecule has 0 aliphatic carbocycles. The third-order valence-corrected chi connectivity index (χ3v) is 3.43. The van der Waals surface area contributed by atoms with Gasteiger partial charge in [-0.15, -0.1) is 11.3 Å². The highest BCUT2D eigenvalue weighted by atomic mass is 32.1. The molecule has 0 saturated heterocycles. The fourth-order valence-corrected chi connectivity index (χ4v) is 2.44. The van der Waals surface area contributed by atoms with Crippen molar-refractivity contribution in [2.45, 2.75) is 6.92 Å². The molecule has 1 aromatic carbocycles. The summed E-state index contributed by atoms with van der Waals surface area (Å²) >= 11 is 1.42. The van der Waals surface area contributed by atoms with Gasteiger partial charge in [0.1, 0.15) is 16.9 Å². The Bertz CT molecular complexity index is 788. The van der Waals surface area contributed by atoms with Gasteiger partial charge in [-0.2, -0.15) is 0 Å². The van der Waals surface area contributed by atoms with E-state index in [9.17, 15) is 9.90 Å². The number of thiazole rings is 1. The van der Waals surface area contributed by atoms with Gasteiger partial charge in [-0.25, -0.2) is 9.78 Å². The van der Waals surface area contributed by atoms with Crippen LogP contribution in [0.3, 0.4) is 0 Å². The highest BCUT2D eigenvalue weighted by Crippen LogP contribution is 2.32. The summed E-state index contributed by atoms with van der Waals surface area (Å²) in [5.41, 5.74) is 0.375. The maximum atomic E-state index is 11.9. The fraction of sp³-hybridized carbons (Fsp3) is 0.0769. The molecule has 90 valence electrons. The Morgan fingerprint density at radius 3 is 2.83 bits per heavy atom. The minimum Gasteiger partial charge on any atom is -0.506 e. The van der Waals surface area contributed by atoms with Crippen LogP contribution in [0.25, 0.3) is 22.2 Å². The molecule has 0 saturated carbocycles. The van der Waals surface area contributed by atoms with Gasteiger partial charge >= 0.3 is 5.63 Å². The largest absolute Gasteiger partial charge is 0.506 e. The lowest BCUT2D eigenvalue weighted by Gasteiger charge is -2.03. The Morgan fingerprint density at radius 2 is 2.11 bits per heavy atom. The lowest BCUT2D eigenvalue weighted by molar-refractivity contribution is 0.471. The molecule has 0 unspecified atom stereocenters. The van der Waals surface area contributed by atoms with E-state index in [2.05, 4.69) is 4.98 Å². The Balaban J connectivity index is 2.39. The van der Waals surface area contributed by atoms with Gasteiger partial charge < -0.3 is 9.52 Å². The lowest BCUT2D eigenvalue weighted by atomic mass is 10.1. The number of aryl methyl sites for hydroxylation is 1. The van der Waals surface area contributed by atoms with E-state index in [1.165, 1.54) is 11.3 Å². The quantitative estimate of drug-likeness (QED) is 0.682. The molecule has 18 heavy (non-hydrogen) atoms. The fourth-order valence-electron chi connectivity index (χ4n) is 1.84. The highest BCUT2D eigenvalue weighted by Gasteiger charge is 2.17. The maximum absolute atomic E-state index is 11.9. The zero-order valence-corrected chi connectivity index (χ0v) is 10.3. The second-order valence-electron chi connectivity index (χ2n) is 3.86. The normalized spacial score (nSPS) is 10.9. The first-order valence-electron chi connectivity index (χ1n) is 5.34. The summed E-state index contributed by atoms with van der Waals surface area (Å²) in [6.07, 6.45) is 0. The van der Waals surface area contributed by atoms with Crippen molar-refractivity contribution in [2.24, 2.45) is 0 Å². The van der Waals surface area contributed by atoms with E-state index >= 15 is 0 Å². The predicted molar refractivity (Wildman–Crippen MR) is 70.0 cm³/mol. The molecule has 0 amide bonds. The zero-order chi connectivity index (χ0) is 12.7. The van der Waals surface area contributed by atoms with Crippen LogP contribution >= 0.6 is 11.3 Å². The van der Waals surface area contributed by atoms with Crippen LogP contribution in [0.5, 0.6) is 5.75 Å². The summed E-state index contributed by atoms with van der Waals surface area (Å²) in [5, 5.41) is 13.3. The van der Waals surface area contributed by atoms with Crippen molar-refractivity contribution in [3.05, 3.63) is 45.1 Å². The molecule has 0 atom stereocenters. The van der Waals surface area contributed by atoms with E-state index in [1.54, 1.807) is 29.6 Å². The summed E-state index contributed by atoms with van der Waals surface area (Å²) in [7, 11) is 0. The van der Waals surface area contributed by atoms with Crippen molar-refractivity contribution in [3.63, 3.8) is 0 Å². The Labute approximate surface area is 106 Å². The van der Waals surface area contributed by atoms with Gasteiger partial charge in [0.05, 0.1) is 16.1 Å². The summed E-state index contributed by atoms with van der Waals surface area (Å²) in [4.78, 5) is 16.1. The summed E-state index contributed by atoms with van der Waals surface area (Å²) in [6, 6.07) is 6.87. The number of aromatic hydroxyl groups is 1. The van der Waals surface area contributed by atoms with Gasteiger partial charge in [-0.1, -0.05) is 12.1 Å². The van der Waals surface area contributed by atoms with Crippen LogP contribution in [-0.2, 0) is 0 Å². The summed E-state index contributed by atoms with van der Waals surface area (Å²) in [5.74, 6) is -0.0767. The van der Waals surface area contributed by atoms with Crippen molar-refractivity contribution in [1.82, 2.24) is 4.98 Å². The molecule has 0 aliphatic rings. The summed E-state index contributed by atoms with van der Waals surface area (Å²) < 4.78 is 5.19. The maximum Gasteiger partial charge on any atom is 0.349 e. The number of aromatic nitrogens is 1. The standard InChI is InChI=1S/C13H9NO3S/c1-7-14-9(6-18-7)11-12(15)8-4-2-3-5-10(8)17-13(11)16/h2-6,15H,1H3. The third kappa shape index (κ3) is 1.60. The van der Waals surface area contributed by atoms with Crippen LogP contribution in [0.15, 0.2) is 38.9 Å². The third-order valence-electron chi connectivity index (χ3n) is 2.66. The van der Waals surface area contributed by atoms with E-state index in [0.717, 1.165) is 5.01 Å². The van der Waals surface area contributed by atoms with Gasteiger partial charge in [0.15, 0.2) is 0 Å². The number of hydrogen-bond donors (Lipinski definition) is 1. The molecule has 2 heterocycles. The van der Waals surface area contributed by atoms with Crippen LogP contribution in [-0.4, -0.2) is 10.1 Å². The van der Waals surface area contributed by atoms with Gasteiger partial charge in [0, 0.05) is 5.38 Å². The number of fused-ring (bicyclic) bond motifs is 1. The molecule has 3 rings (SSSR count). The van der Waals surface area contributed by atoms with Gasteiger partial charge in [0.25, 0.3) is 0 Å². The van der Waals surface area contributed by atoms with E-state index in [0.29, 0.717) is 16.7 Å². The Kier molecular flexibility index (Phi) is 2.41. The molecule has 0 bridgehead atoms. The number of rotatable bonds is 1. The van der Waals surface area contributed by atoms with Crippen molar-refractivity contribution in [3.8, 4) is 17.0 Å². The molecule has 3 aromatic rings. The van der Waals surface area contributed by atoms with E-state index in [1.807, 2.05) is 6.92 Å². The minimum absolute atomic E-state index is 0.0767. The zero-order valence-electron chi connectivity index (χ0n) is 9.51. The van der Waals surface area contributed by atoms with Gasteiger partial charge in [0.2, 0.25) is 0 Å². The Morgan fingerprint density at radius 1 is 1.33 bits per heavy atom. The first-order valence-corrected chi connectivity index (χ1v) is 6.22. The highest BCUT2D eigenvalue weighted by molar-refractivity contribution is 7.09. The summed E-state index contributed by atoms with van der Waals surface area (Å²) in [6.45, 7) is 1.84. The van der Waals surface area contributed by atoms with Crippen molar-refractivity contribution in [1.29, 1.82) is 0 Å². The van der Waals surface area contributed by atoms with Crippen molar-refractivity contribution < 1.29 is 9.52 Å². The average molecular weight is 259 g/mol. The van der Waals surface area contributed by atoms with Crippen LogP contribution in [0.4, 0.5) is 0 Å². The predicted octanol–water partition coefficient (Wildman–Crippen LogP) is 2.93. The SMILES string of the molecule is Cc1nc(-c2c(O)c3ccccc3oc2=O)cs1. The van der Waals surface area contributed by atoms with Crippen LogP contribution < -0.4 is 5.63 Å². The lowest BCUT2D eigenvalue weighted by Crippen LogP contribution is -2.03. The number of nitrogens with zero attached hydrogens (tertiary/aromatic N) is 1. The molecule has 0 fully saturated rings. The van der Waals surface area contributed by atoms with Crippen LogP contribution in [0.1, 0.15) is 5.01 Å². The second-order valence-corrected chi connectivity index (χ2v) is 4.92. The average Bonchev–Trinajstić information content (AvgIpc) is 2.76. The molecule has 5 heteroatoms. The van der Waals surface area contributed by atoms with E-state index in [-0.39, 0.29) is 11.3 Å². The van der Waals surface area contributed by atoms with Crippen LogP contribution in [0.2, 0.25) is 0 Å². The molecule has 0 spiro atoms. The molecule has 4 nitrogen and oxygen atoms in total. The second kappa shape index (κ2) is 3.96. The molecule has 0 aliphatic heterocycles. The number of hydrogen-bond acceptors (Lipinski definition) is 5. The van der Waals surface area contributed by atoms with Gasteiger partial charge in [-0.05, 0) is 19.1 Å². The molecular formula is C13H9NO3S. The number of para-hydroxylation sites is 1.